The molecule has 1 aromatic carbocycles. The predicted octanol–water partition coefficient (Wildman–Crippen LogP) is 5.77. The molecule has 0 aliphatic heterocycles. The van der Waals surface area contributed by atoms with Gasteiger partial charge in [-0.15, -0.1) is 11.3 Å². The summed E-state index contributed by atoms with van der Waals surface area (Å²) in [7, 11) is 0. The summed E-state index contributed by atoms with van der Waals surface area (Å²) in [5, 5.41) is 13.6. The zero-order chi connectivity index (χ0) is 22.1. The minimum absolute atomic E-state index is 0.155. The Kier molecular flexibility index (Phi) is 6.01. The number of hydrogen-bond acceptors (Lipinski definition) is 4. The van der Waals surface area contributed by atoms with Crippen molar-refractivity contribution < 1.29 is 18.0 Å². The van der Waals surface area contributed by atoms with E-state index in [9.17, 15) is 23.2 Å². The first-order chi connectivity index (χ1) is 14.1. The van der Waals surface area contributed by atoms with Gasteiger partial charge in [-0.05, 0) is 49.8 Å². The first-order valence-corrected chi connectivity index (χ1v) is 9.76. The number of carbonyl (C=O) groups is 1. The highest BCUT2D eigenvalue weighted by atomic mass is 35.5. The lowest BCUT2D eigenvalue weighted by Gasteiger charge is -2.14. The number of nitrogens with one attached hydrogen (secondary N) is 1. The highest BCUT2D eigenvalue weighted by molar-refractivity contribution is 7.13. The second-order valence-electron chi connectivity index (χ2n) is 6.28. The first-order valence-electron chi connectivity index (χ1n) is 8.50. The third kappa shape index (κ3) is 4.40. The van der Waals surface area contributed by atoms with Crippen LogP contribution >= 0.6 is 22.9 Å². The van der Waals surface area contributed by atoms with Crippen molar-refractivity contribution in [3.8, 4) is 11.8 Å². The molecule has 30 heavy (non-hydrogen) atoms. The van der Waals surface area contributed by atoms with Gasteiger partial charge in [0.2, 0.25) is 0 Å². The largest absolute Gasteiger partial charge is 0.417 e. The summed E-state index contributed by atoms with van der Waals surface area (Å²) in [6.45, 7) is 3.41. The van der Waals surface area contributed by atoms with E-state index in [0.717, 1.165) is 6.07 Å². The van der Waals surface area contributed by atoms with Crippen molar-refractivity contribution in [3.63, 3.8) is 0 Å². The summed E-state index contributed by atoms with van der Waals surface area (Å²) in [5.41, 5.74) is 0.905. The summed E-state index contributed by atoms with van der Waals surface area (Å²) in [4.78, 5) is 16.3. The summed E-state index contributed by atoms with van der Waals surface area (Å²) in [6.07, 6.45) is -1.68. The quantitative estimate of drug-likeness (QED) is 0.405. The van der Waals surface area contributed by atoms with Crippen LogP contribution in [-0.2, 0) is 11.0 Å². The Bertz CT molecular complexity index is 1170. The Labute approximate surface area is 179 Å². The minimum atomic E-state index is -4.59. The maximum atomic E-state index is 13.2. The van der Waals surface area contributed by atoms with E-state index in [4.69, 9.17) is 11.6 Å². The fraction of sp³-hybridized carbons (Fsp3) is 0.150. The van der Waals surface area contributed by atoms with Crippen LogP contribution in [-0.4, -0.2) is 15.5 Å². The Hall–Kier alpha value is -3.09. The normalized spacial score (nSPS) is 12.0. The average molecular weight is 451 g/mol. The molecule has 0 saturated carbocycles. The van der Waals surface area contributed by atoms with Crippen LogP contribution in [0.3, 0.4) is 0 Å². The maximum Gasteiger partial charge on any atom is 0.417 e. The summed E-state index contributed by atoms with van der Waals surface area (Å²) < 4.78 is 41.3. The number of aromatic nitrogens is 2. The van der Waals surface area contributed by atoms with Gasteiger partial charge in [-0.25, -0.2) is 4.98 Å². The molecule has 2 aromatic heterocycles. The van der Waals surface area contributed by atoms with Gasteiger partial charge in [-0.2, -0.15) is 18.4 Å². The number of hydrogen-bond donors (Lipinski definition) is 1. The summed E-state index contributed by atoms with van der Waals surface area (Å²) in [6, 6.07) is 7.17. The zero-order valence-electron chi connectivity index (χ0n) is 15.7. The van der Waals surface area contributed by atoms with Gasteiger partial charge < -0.3 is 4.57 Å². The average Bonchev–Trinajstić information content (AvgIpc) is 3.27. The second kappa shape index (κ2) is 8.34. The van der Waals surface area contributed by atoms with Crippen molar-refractivity contribution in [3.05, 3.63) is 69.0 Å². The maximum absolute atomic E-state index is 13.2. The molecule has 3 aromatic rings. The van der Waals surface area contributed by atoms with E-state index in [1.165, 1.54) is 35.7 Å². The molecule has 0 aliphatic rings. The highest BCUT2D eigenvalue weighted by Crippen LogP contribution is 2.36. The zero-order valence-corrected chi connectivity index (χ0v) is 17.3. The minimum Gasteiger partial charge on any atom is -0.318 e. The number of aryl methyl sites for hydroxylation is 1. The number of halogens is 4. The number of rotatable bonds is 4. The van der Waals surface area contributed by atoms with E-state index in [2.05, 4.69) is 10.3 Å². The van der Waals surface area contributed by atoms with Gasteiger partial charge in [0.05, 0.1) is 10.6 Å². The Morgan fingerprint density at radius 1 is 1.33 bits per heavy atom. The molecule has 3 rings (SSSR count). The van der Waals surface area contributed by atoms with Gasteiger partial charge in [0.25, 0.3) is 5.91 Å². The lowest BCUT2D eigenvalue weighted by atomic mass is 10.1. The molecule has 0 unspecified atom stereocenters. The molecule has 0 fully saturated rings. The molecule has 0 atom stereocenters. The van der Waals surface area contributed by atoms with Crippen molar-refractivity contribution in [2.75, 3.05) is 5.32 Å². The highest BCUT2D eigenvalue weighted by Gasteiger charge is 2.33. The number of nitrogens with zero attached hydrogens (tertiary/aromatic N) is 3. The third-order valence-electron chi connectivity index (χ3n) is 4.30. The van der Waals surface area contributed by atoms with Crippen LogP contribution in [0.25, 0.3) is 11.8 Å². The summed E-state index contributed by atoms with van der Waals surface area (Å²) >= 11 is 6.92. The molecule has 0 bridgehead atoms. The standard InChI is InChI=1S/C20H14ClF3N4OS/c1-11-7-13(8-14(10-25)18(29)27-19-26-5-6-30-19)12(2)28(11)15-3-4-17(21)16(9-15)20(22,23)24/h3-9H,1-2H3,(H,26,27,29)/b14-8+. The second-order valence-corrected chi connectivity index (χ2v) is 7.59. The molecule has 0 saturated heterocycles. The number of alkyl halides is 3. The van der Waals surface area contributed by atoms with Crippen molar-refractivity contribution >= 4 is 40.1 Å². The van der Waals surface area contributed by atoms with Gasteiger partial charge >= 0.3 is 6.18 Å². The number of amides is 1. The predicted molar refractivity (Wildman–Crippen MR) is 110 cm³/mol. The molecule has 0 radical (unpaired) electrons. The Morgan fingerprint density at radius 2 is 2.07 bits per heavy atom. The lowest BCUT2D eigenvalue weighted by molar-refractivity contribution is -0.137. The Morgan fingerprint density at radius 3 is 2.67 bits per heavy atom. The summed E-state index contributed by atoms with van der Waals surface area (Å²) in [5.74, 6) is -0.622. The number of carbonyl (C=O) groups excluding carboxylic acids is 1. The van der Waals surface area contributed by atoms with Gasteiger partial charge in [-0.3, -0.25) is 10.1 Å². The van der Waals surface area contributed by atoms with Crippen molar-refractivity contribution in [2.45, 2.75) is 20.0 Å². The van der Waals surface area contributed by atoms with Crippen LogP contribution in [0, 0.1) is 25.2 Å². The molecule has 0 aliphatic carbocycles. The molecule has 0 spiro atoms. The van der Waals surface area contributed by atoms with Gasteiger partial charge in [0.1, 0.15) is 11.6 Å². The third-order valence-corrected chi connectivity index (χ3v) is 5.32. The van der Waals surface area contributed by atoms with Gasteiger partial charge in [0.15, 0.2) is 5.13 Å². The van der Waals surface area contributed by atoms with E-state index in [0.29, 0.717) is 22.1 Å². The van der Waals surface area contributed by atoms with Crippen LogP contribution in [0.15, 0.2) is 41.4 Å². The Balaban J connectivity index is 2.01. The van der Waals surface area contributed by atoms with E-state index in [1.807, 2.05) is 6.07 Å². The molecule has 10 heteroatoms. The van der Waals surface area contributed by atoms with Crippen LogP contribution in [0.4, 0.5) is 18.3 Å². The van der Waals surface area contributed by atoms with Gasteiger partial charge in [-0.1, -0.05) is 11.6 Å². The first kappa shape index (κ1) is 21.6. The topological polar surface area (TPSA) is 70.7 Å². The number of benzene rings is 1. The smallest absolute Gasteiger partial charge is 0.318 e. The van der Waals surface area contributed by atoms with Crippen LogP contribution in [0.1, 0.15) is 22.5 Å². The van der Waals surface area contributed by atoms with Crippen molar-refractivity contribution in [1.29, 1.82) is 5.26 Å². The fourth-order valence-electron chi connectivity index (χ4n) is 2.95. The van der Waals surface area contributed by atoms with Crippen molar-refractivity contribution in [2.24, 2.45) is 0 Å². The van der Waals surface area contributed by atoms with Crippen LogP contribution in [0.2, 0.25) is 5.02 Å². The van der Waals surface area contributed by atoms with E-state index < -0.39 is 17.6 Å². The van der Waals surface area contributed by atoms with Crippen LogP contribution < -0.4 is 5.32 Å². The van der Waals surface area contributed by atoms with E-state index in [1.54, 1.807) is 29.9 Å². The molecular formula is C20H14ClF3N4OS. The molecule has 1 amide bonds. The number of anilines is 1. The monoisotopic (exact) mass is 450 g/mol. The molecule has 5 nitrogen and oxygen atoms in total. The molecule has 154 valence electrons. The van der Waals surface area contributed by atoms with Crippen LogP contribution in [0.5, 0.6) is 0 Å². The van der Waals surface area contributed by atoms with Gasteiger partial charge in [0, 0.05) is 28.7 Å². The fourth-order valence-corrected chi connectivity index (χ4v) is 3.70. The number of nitriles is 1. The molecule has 1 N–H and O–H groups in total. The SMILES string of the molecule is Cc1cc(/C=C(\C#N)C(=O)Nc2nccs2)c(C)n1-c1ccc(Cl)c(C(F)(F)F)c1. The molecule has 2 heterocycles. The van der Waals surface area contributed by atoms with E-state index >= 15 is 0 Å². The number of thiazole rings is 1. The van der Waals surface area contributed by atoms with E-state index in [-0.39, 0.29) is 16.3 Å². The lowest BCUT2D eigenvalue weighted by Crippen LogP contribution is -2.13. The molecular weight excluding hydrogens is 437 g/mol. The van der Waals surface area contributed by atoms with Crippen molar-refractivity contribution in [1.82, 2.24) is 9.55 Å².